The first-order valence-electron chi connectivity index (χ1n) is 5.09. The highest BCUT2D eigenvalue weighted by Gasteiger charge is 2.03. The molecule has 2 rings (SSSR count). The molecule has 0 saturated carbocycles. The zero-order valence-electron chi connectivity index (χ0n) is 8.96. The molecule has 0 aliphatic rings. The molecule has 3 heteroatoms. The maximum atomic E-state index is 11.3. The van der Waals surface area contributed by atoms with Crippen molar-refractivity contribution in [3.63, 3.8) is 0 Å². The largest absolute Gasteiger partial charge is 0.287 e. The summed E-state index contributed by atoms with van der Waals surface area (Å²) in [5, 5.41) is 0. The minimum Gasteiger partial charge on any atom is -0.266 e. The van der Waals surface area contributed by atoms with Crippen LogP contribution in [-0.2, 0) is 4.79 Å². The molecule has 17 heavy (non-hydrogen) atoms. The van der Waals surface area contributed by atoms with Crippen molar-refractivity contribution in [1.29, 1.82) is 0 Å². The van der Waals surface area contributed by atoms with E-state index < -0.39 is 5.91 Å². The Morgan fingerprint density at radius 3 is 2.06 bits per heavy atom. The molecule has 3 nitrogen and oxygen atoms in total. The second-order valence-corrected chi connectivity index (χ2v) is 3.45. The number of benzene rings is 2. The van der Waals surface area contributed by atoms with Gasteiger partial charge in [0.05, 0.1) is 0 Å². The zero-order valence-corrected chi connectivity index (χ0v) is 8.96. The SMILES string of the molecule is O=C=NC(=O)c1ccc(-c2ccccc2)cc1. The lowest BCUT2D eigenvalue weighted by Gasteiger charge is -2.01. The lowest BCUT2D eigenvalue weighted by atomic mass is 10.0. The van der Waals surface area contributed by atoms with Crippen molar-refractivity contribution in [2.45, 2.75) is 0 Å². The Hall–Kier alpha value is -2.51. The first kappa shape index (κ1) is 11.0. The van der Waals surface area contributed by atoms with Crippen LogP contribution < -0.4 is 0 Å². The summed E-state index contributed by atoms with van der Waals surface area (Å²) in [6, 6.07) is 16.7. The van der Waals surface area contributed by atoms with Gasteiger partial charge in [0.1, 0.15) is 0 Å². The number of rotatable bonds is 2. The molecule has 0 N–H and O–H groups in total. The summed E-state index contributed by atoms with van der Waals surface area (Å²) in [7, 11) is 0. The molecular formula is C14H9NO2. The fourth-order valence-electron chi connectivity index (χ4n) is 1.54. The van der Waals surface area contributed by atoms with Crippen LogP contribution in [0.3, 0.4) is 0 Å². The van der Waals surface area contributed by atoms with Gasteiger partial charge in [-0.15, -0.1) is 4.99 Å². The van der Waals surface area contributed by atoms with Crippen LogP contribution in [0.1, 0.15) is 10.4 Å². The average molecular weight is 223 g/mol. The Morgan fingerprint density at radius 2 is 1.47 bits per heavy atom. The molecule has 0 fully saturated rings. The third-order valence-electron chi connectivity index (χ3n) is 2.39. The van der Waals surface area contributed by atoms with Crippen LogP contribution in [0.25, 0.3) is 11.1 Å². The topological polar surface area (TPSA) is 46.5 Å². The number of amides is 1. The molecule has 0 bridgehead atoms. The summed E-state index contributed by atoms with van der Waals surface area (Å²) in [6.07, 6.45) is 1.24. The smallest absolute Gasteiger partial charge is 0.266 e. The van der Waals surface area contributed by atoms with Gasteiger partial charge in [-0.1, -0.05) is 42.5 Å². The number of hydrogen-bond donors (Lipinski definition) is 0. The van der Waals surface area contributed by atoms with Crippen LogP contribution in [0.2, 0.25) is 0 Å². The average Bonchev–Trinajstić information content (AvgIpc) is 2.40. The van der Waals surface area contributed by atoms with E-state index in [0.717, 1.165) is 11.1 Å². The van der Waals surface area contributed by atoms with E-state index in [2.05, 4.69) is 4.99 Å². The van der Waals surface area contributed by atoms with Gasteiger partial charge in [0.15, 0.2) is 0 Å². The van der Waals surface area contributed by atoms with E-state index in [9.17, 15) is 9.59 Å². The molecule has 2 aromatic carbocycles. The van der Waals surface area contributed by atoms with Crippen molar-refractivity contribution in [2.75, 3.05) is 0 Å². The molecule has 0 aliphatic heterocycles. The number of nitrogens with zero attached hydrogens (tertiary/aromatic N) is 1. The third-order valence-corrected chi connectivity index (χ3v) is 2.39. The van der Waals surface area contributed by atoms with E-state index in [0.29, 0.717) is 5.56 Å². The molecule has 0 unspecified atom stereocenters. The molecule has 0 aromatic heterocycles. The van der Waals surface area contributed by atoms with E-state index in [1.165, 1.54) is 6.08 Å². The lowest BCUT2D eigenvalue weighted by molar-refractivity contribution is 0.100. The summed E-state index contributed by atoms with van der Waals surface area (Å²) in [5.41, 5.74) is 2.47. The van der Waals surface area contributed by atoms with Crippen LogP contribution in [0.15, 0.2) is 59.6 Å². The van der Waals surface area contributed by atoms with Crippen molar-refractivity contribution in [1.82, 2.24) is 0 Å². The van der Waals surface area contributed by atoms with Crippen molar-refractivity contribution in [3.05, 3.63) is 60.2 Å². The van der Waals surface area contributed by atoms with Crippen LogP contribution in [0.5, 0.6) is 0 Å². The summed E-state index contributed by atoms with van der Waals surface area (Å²) < 4.78 is 0. The highest BCUT2D eigenvalue weighted by molar-refractivity contribution is 5.97. The normalized spacial score (nSPS) is 9.41. The fourth-order valence-corrected chi connectivity index (χ4v) is 1.54. The lowest BCUT2D eigenvalue weighted by Crippen LogP contribution is -1.93. The van der Waals surface area contributed by atoms with Gasteiger partial charge in [-0.05, 0) is 23.3 Å². The summed E-state index contributed by atoms with van der Waals surface area (Å²) in [4.78, 5) is 24.3. The second kappa shape index (κ2) is 5.01. The van der Waals surface area contributed by atoms with Gasteiger partial charge in [0, 0.05) is 5.56 Å². The zero-order chi connectivity index (χ0) is 12.1. The monoisotopic (exact) mass is 223 g/mol. The van der Waals surface area contributed by atoms with Gasteiger partial charge in [0.2, 0.25) is 6.08 Å². The van der Waals surface area contributed by atoms with Crippen molar-refractivity contribution >= 4 is 12.0 Å². The summed E-state index contributed by atoms with van der Waals surface area (Å²) >= 11 is 0. The molecule has 0 saturated heterocycles. The van der Waals surface area contributed by atoms with Crippen LogP contribution >= 0.6 is 0 Å². The molecule has 0 atom stereocenters. The molecular weight excluding hydrogens is 214 g/mol. The van der Waals surface area contributed by atoms with Gasteiger partial charge in [-0.25, -0.2) is 4.79 Å². The van der Waals surface area contributed by atoms with Crippen molar-refractivity contribution < 1.29 is 9.59 Å². The minimum absolute atomic E-state index is 0.382. The summed E-state index contributed by atoms with van der Waals surface area (Å²) in [5.74, 6) is -0.570. The molecule has 2 aromatic rings. The maximum Gasteiger partial charge on any atom is 0.287 e. The molecule has 82 valence electrons. The highest BCUT2D eigenvalue weighted by Crippen LogP contribution is 2.19. The quantitative estimate of drug-likeness (QED) is 0.580. The van der Waals surface area contributed by atoms with E-state index in [4.69, 9.17) is 0 Å². The van der Waals surface area contributed by atoms with Gasteiger partial charge < -0.3 is 0 Å². The molecule has 0 spiro atoms. The Labute approximate surface area is 98.4 Å². The van der Waals surface area contributed by atoms with Gasteiger partial charge in [-0.3, -0.25) is 4.79 Å². The number of carbonyl (C=O) groups is 1. The van der Waals surface area contributed by atoms with E-state index in [-0.39, 0.29) is 0 Å². The fraction of sp³-hybridized carbons (Fsp3) is 0. The number of isocyanates is 1. The maximum absolute atomic E-state index is 11.3. The summed E-state index contributed by atoms with van der Waals surface area (Å²) in [6.45, 7) is 0. The Bertz CT molecular complexity index is 567. The van der Waals surface area contributed by atoms with Crippen LogP contribution in [0.4, 0.5) is 0 Å². The first-order chi connectivity index (χ1) is 8.31. The van der Waals surface area contributed by atoms with Crippen molar-refractivity contribution in [3.8, 4) is 11.1 Å². The van der Waals surface area contributed by atoms with E-state index >= 15 is 0 Å². The predicted octanol–water partition coefficient (Wildman–Crippen LogP) is 2.83. The molecule has 0 radical (unpaired) electrons. The number of carbonyl (C=O) groups excluding carboxylic acids is 2. The predicted molar refractivity (Wildman–Crippen MR) is 64.3 cm³/mol. The van der Waals surface area contributed by atoms with E-state index in [1.807, 2.05) is 42.5 Å². The highest BCUT2D eigenvalue weighted by atomic mass is 16.2. The van der Waals surface area contributed by atoms with Gasteiger partial charge in [0.25, 0.3) is 5.91 Å². The third kappa shape index (κ3) is 2.54. The Balaban J connectivity index is 2.31. The van der Waals surface area contributed by atoms with Crippen molar-refractivity contribution in [2.24, 2.45) is 4.99 Å². The molecule has 0 aliphatic carbocycles. The van der Waals surface area contributed by atoms with Gasteiger partial charge >= 0.3 is 0 Å². The van der Waals surface area contributed by atoms with Crippen LogP contribution in [-0.4, -0.2) is 12.0 Å². The first-order valence-corrected chi connectivity index (χ1v) is 5.09. The molecule has 0 heterocycles. The number of aliphatic imine (C=N–C) groups is 1. The second-order valence-electron chi connectivity index (χ2n) is 3.45. The van der Waals surface area contributed by atoms with E-state index in [1.54, 1.807) is 12.1 Å². The Kier molecular flexibility index (Phi) is 3.24. The van der Waals surface area contributed by atoms with Gasteiger partial charge in [-0.2, -0.15) is 0 Å². The number of hydrogen-bond acceptors (Lipinski definition) is 2. The Morgan fingerprint density at radius 1 is 0.882 bits per heavy atom. The standard InChI is InChI=1S/C14H9NO2/c16-10-15-14(17)13-8-6-12(7-9-13)11-4-2-1-3-5-11/h1-9H. The molecule has 1 amide bonds. The minimum atomic E-state index is -0.570. The van der Waals surface area contributed by atoms with Crippen LogP contribution in [0, 0.1) is 0 Å².